The molecule has 102 valence electrons. The van der Waals surface area contributed by atoms with Crippen LogP contribution in [-0.2, 0) is 6.42 Å². The quantitative estimate of drug-likeness (QED) is 0.749. The number of carbonyl (C=O) groups is 1. The van der Waals surface area contributed by atoms with E-state index in [2.05, 4.69) is 13.0 Å². The van der Waals surface area contributed by atoms with E-state index < -0.39 is 0 Å². The van der Waals surface area contributed by atoms with Gasteiger partial charge in [-0.3, -0.25) is 4.79 Å². The Morgan fingerprint density at radius 3 is 3.00 bits per heavy atom. The minimum Gasteiger partial charge on any atom is -0.493 e. The number of fused-ring (bicyclic) bond motifs is 1. The Labute approximate surface area is 115 Å². The van der Waals surface area contributed by atoms with Gasteiger partial charge in [-0.05, 0) is 43.2 Å². The van der Waals surface area contributed by atoms with Gasteiger partial charge in [-0.1, -0.05) is 31.9 Å². The first kappa shape index (κ1) is 12.7. The first-order chi connectivity index (χ1) is 9.25. The topological polar surface area (TPSA) is 26.3 Å². The van der Waals surface area contributed by atoms with Gasteiger partial charge < -0.3 is 4.74 Å². The molecule has 0 N–H and O–H groups in total. The van der Waals surface area contributed by atoms with Gasteiger partial charge in [0.2, 0.25) is 0 Å². The second-order valence-corrected chi connectivity index (χ2v) is 6.08. The van der Waals surface area contributed by atoms with Crippen molar-refractivity contribution in [1.29, 1.82) is 0 Å². The molecule has 2 atom stereocenters. The lowest BCUT2D eigenvalue weighted by Crippen LogP contribution is -2.23. The van der Waals surface area contributed by atoms with Crippen LogP contribution in [0.5, 0.6) is 5.75 Å². The van der Waals surface area contributed by atoms with Crippen LogP contribution in [0.1, 0.15) is 54.9 Å². The molecule has 1 aliphatic carbocycles. The molecule has 1 aromatic rings. The molecule has 0 radical (unpaired) electrons. The molecular formula is C17H22O2. The van der Waals surface area contributed by atoms with Crippen LogP contribution >= 0.6 is 0 Å². The highest BCUT2D eigenvalue weighted by molar-refractivity contribution is 6.00. The van der Waals surface area contributed by atoms with Crippen LogP contribution in [0.4, 0.5) is 0 Å². The average Bonchev–Trinajstić information content (AvgIpc) is 2.46. The zero-order valence-electron chi connectivity index (χ0n) is 11.7. The van der Waals surface area contributed by atoms with Crippen LogP contribution in [0.2, 0.25) is 0 Å². The van der Waals surface area contributed by atoms with E-state index in [1.165, 1.54) is 18.4 Å². The Morgan fingerprint density at radius 2 is 2.16 bits per heavy atom. The van der Waals surface area contributed by atoms with Gasteiger partial charge in [0, 0.05) is 5.92 Å². The van der Waals surface area contributed by atoms with Gasteiger partial charge in [-0.15, -0.1) is 0 Å². The first-order valence-corrected chi connectivity index (χ1v) is 7.54. The lowest BCUT2D eigenvalue weighted by Gasteiger charge is -2.27. The van der Waals surface area contributed by atoms with E-state index in [4.69, 9.17) is 4.74 Å². The average molecular weight is 258 g/mol. The summed E-state index contributed by atoms with van der Waals surface area (Å²) in [6, 6.07) is 6.05. The fraction of sp³-hybridized carbons (Fsp3) is 0.588. The summed E-state index contributed by atoms with van der Waals surface area (Å²) in [6.45, 7) is 3.01. The number of hydrogen-bond donors (Lipinski definition) is 0. The molecule has 1 aromatic carbocycles. The normalized spacial score (nSPS) is 26.4. The van der Waals surface area contributed by atoms with Crippen molar-refractivity contribution >= 4 is 5.78 Å². The van der Waals surface area contributed by atoms with Crippen molar-refractivity contribution in [3.8, 4) is 5.75 Å². The number of benzene rings is 1. The van der Waals surface area contributed by atoms with Gasteiger partial charge >= 0.3 is 0 Å². The van der Waals surface area contributed by atoms with Crippen LogP contribution in [-0.4, -0.2) is 12.4 Å². The Balaban J connectivity index is 1.87. The highest BCUT2D eigenvalue weighted by Gasteiger charge is 2.29. The second-order valence-electron chi connectivity index (χ2n) is 6.08. The molecule has 0 saturated heterocycles. The lowest BCUT2D eigenvalue weighted by molar-refractivity contribution is 0.0863. The molecule has 2 aliphatic rings. The van der Waals surface area contributed by atoms with E-state index in [0.29, 0.717) is 11.7 Å². The monoisotopic (exact) mass is 258 g/mol. The number of Topliss-reactive ketones (excluding diaryl/α,β-unsaturated/α-hetero) is 1. The number of rotatable bonds is 2. The smallest absolute Gasteiger partial charge is 0.169 e. The molecular weight excluding hydrogens is 236 g/mol. The summed E-state index contributed by atoms with van der Waals surface area (Å²) in [7, 11) is 0. The molecule has 1 heterocycles. The third-order valence-electron chi connectivity index (χ3n) is 4.51. The van der Waals surface area contributed by atoms with Gasteiger partial charge in [0.05, 0.1) is 12.2 Å². The standard InChI is InChI=1S/C17H22O2/c1-12-5-2-7-14(11-12)16(18)15-9-3-6-13-8-4-10-19-17(13)15/h3,6,9,12,14H,2,4-5,7-8,10-11H2,1H3. The molecule has 0 spiro atoms. The van der Waals surface area contributed by atoms with Crippen LogP contribution in [0.15, 0.2) is 18.2 Å². The molecule has 19 heavy (non-hydrogen) atoms. The van der Waals surface area contributed by atoms with Crippen molar-refractivity contribution in [3.05, 3.63) is 29.3 Å². The molecule has 1 saturated carbocycles. The molecule has 0 amide bonds. The van der Waals surface area contributed by atoms with Crippen molar-refractivity contribution in [3.63, 3.8) is 0 Å². The molecule has 2 nitrogen and oxygen atoms in total. The van der Waals surface area contributed by atoms with Crippen LogP contribution in [0.25, 0.3) is 0 Å². The molecule has 2 unspecified atom stereocenters. The van der Waals surface area contributed by atoms with Crippen molar-refractivity contribution in [2.24, 2.45) is 11.8 Å². The Bertz CT molecular complexity index is 478. The van der Waals surface area contributed by atoms with E-state index >= 15 is 0 Å². The van der Waals surface area contributed by atoms with Crippen LogP contribution in [0, 0.1) is 11.8 Å². The minimum absolute atomic E-state index is 0.209. The molecule has 1 fully saturated rings. The number of ketones is 1. The highest BCUT2D eigenvalue weighted by Crippen LogP contribution is 2.35. The van der Waals surface area contributed by atoms with E-state index in [-0.39, 0.29) is 5.92 Å². The molecule has 0 aromatic heterocycles. The first-order valence-electron chi connectivity index (χ1n) is 7.54. The molecule has 3 rings (SSSR count). The van der Waals surface area contributed by atoms with Gasteiger partial charge in [-0.2, -0.15) is 0 Å². The van der Waals surface area contributed by atoms with Crippen LogP contribution < -0.4 is 4.74 Å². The lowest BCUT2D eigenvalue weighted by atomic mass is 9.78. The molecule has 0 bridgehead atoms. The van der Waals surface area contributed by atoms with E-state index in [9.17, 15) is 4.79 Å². The van der Waals surface area contributed by atoms with Gasteiger partial charge in [0.15, 0.2) is 5.78 Å². The predicted molar refractivity (Wildman–Crippen MR) is 75.7 cm³/mol. The van der Waals surface area contributed by atoms with Crippen molar-refractivity contribution in [2.75, 3.05) is 6.61 Å². The zero-order valence-corrected chi connectivity index (χ0v) is 11.7. The number of para-hydroxylation sites is 1. The van der Waals surface area contributed by atoms with Crippen molar-refractivity contribution < 1.29 is 9.53 Å². The SMILES string of the molecule is CC1CCCC(C(=O)c2cccc3c2OCCC3)C1. The maximum atomic E-state index is 12.7. The van der Waals surface area contributed by atoms with E-state index in [0.717, 1.165) is 43.6 Å². The summed E-state index contributed by atoms with van der Waals surface area (Å²) in [4.78, 5) is 12.7. The summed E-state index contributed by atoms with van der Waals surface area (Å²) < 4.78 is 5.77. The van der Waals surface area contributed by atoms with Crippen molar-refractivity contribution in [1.82, 2.24) is 0 Å². The number of hydrogen-bond acceptors (Lipinski definition) is 2. The Morgan fingerprint density at radius 1 is 1.26 bits per heavy atom. The summed E-state index contributed by atoms with van der Waals surface area (Å²) >= 11 is 0. The Hall–Kier alpha value is -1.31. The number of carbonyl (C=O) groups excluding carboxylic acids is 1. The van der Waals surface area contributed by atoms with E-state index in [1.54, 1.807) is 0 Å². The molecule has 1 aliphatic heterocycles. The number of ether oxygens (including phenoxy) is 1. The third-order valence-corrected chi connectivity index (χ3v) is 4.51. The highest BCUT2D eigenvalue weighted by atomic mass is 16.5. The fourth-order valence-electron chi connectivity index (χ4n) is 3.48. The van der Waals surface area contributed by atoms with E-state index in [1.807, 2.05) is 12.1 Å². The Kier molecular flexibility index (Phi) is 3.58. The maximum absolute atomic E-state index is 12.7. The van der Waals surface area contributed by atoms with Crippen LogP contribution in [0.3, 0.4) is 0 Å². The maximum Gasteiger partial charge on any atom is 0.169 e. The minimum atomic E-state index is 0.209. The summed E-state index contributed by atoms with van der Waals surface area (Å²) in [6.07, 6.45) is 6.65. The summed E-state index contributed by atoms with van der Waals surface area (Å²) in [5.74, 6) is 2.08. The predicted octanol–water partition coefficient (Wildman–Crippen LogP) is 4.02. The summed E-state index contributed by atoms with van der Waals surface area (Å²) in [5, 5.41) is 0. The van der Waals surface area contributed by atoms with Gasteiger partial charge in [0.25, 0.3) is 0 Å². The summed E-state index contributed by atoms with van der Waals surface area (Å²) in [5.41, 5.74) is 2.04. The van der Waals surface area contributed by atoms with Gasteiger partial charge in [0.1, 0.15) is 5.75 Å². The number of aryl methyl sites for hydroxylation is 1. The largest absolute Gasteiger partial charge is 0.493 e. The zero-order chi connectivity index (χ0) is 13.2. The third kappa shape index (κ3) is 2.54. The fourth-order valence-corrected chi connectivity index (χ4v) is 3.48. The second kappa shape index (κ2) is 5.36. The molecule has 2 heteroatoms. The van der Waals surface area contributed by atoms with Crippen molar-refractivity contribution in [2.45, 2.75) is 45.4 Å². The van der Waals surface area contributed by atoms with Gasteiger partial charge in [-0.25, -0.2) is 0 Å².